The molecule has 1 fully saturated rings. The lowest BCUT2D eigenvalue weighted by Gasteiger charge is -2.21. The van der Waals surface area contributed by atoms with Crippen molar-refractivity contribution < 1.29 is 42.0 Å². The first-order chi connectivity index (χ1) is 19.2. The van der Waals surface area contributed by atoms with Gasteiger partial charge in [-0.15, -0.1) is 0 Å². The molecule has 214 valence electrons. The average Bonchev–Trinajstić information content (AvgIpc) is 3.73. The fourth-order valence-electron chi connectivity index (χ4n) is 3.76. The van der Waals surface area contributed by atoms with Crippen molar-refractivity contribution >= 4 is 40.3 Å². The SMILES string of the molecule is COc1ccc(OC)c(SC(=O)OC(Cc2c(Cl)c[n+]([O-])cc2Cl)c2ccc(OC(F)F)c(OCC3CC3)c2)c1. The smallest absolute Gasteiger partial charge is 0.387 e. The zero-order valence-electron chi connectivity index (χ0n) is 21.4. The molecule has 0 radical (unpaired) electrons. The lowest BCUT2D eigenvalue weighted by atomic mass is 10.0. The van der Waals surface area contributed by atoms with Gasteiger partial charge in [-0.05, 0) is 66.4 Å². The number of alkyl halides is 2. The van der Waals surface area contributed by atoms with Gasteiger partial charge in [0, 0.05) is 12.0 Å². The van der Waals surface area contributed by atoms with Crippen molar-refractivity contribution in [1.29, 1.82) is 0 Å². The molecule has 13 heteroatoms. The van der Waals surface area contributed by atoms with Crippen LogP contribution >= 0.6 is 35.0 Å². The molecule has 1 aliphatic rings. The molecule has 0 bridgehead atoms. The number of pyridine rings is 1. The van der Waals surface area contributed by atoms with Gasteiger partial charge in [0.2, 0.25) is 0 Å². The second kappa shape index (κ2) is 13.5. The minimum absolute atomic E-state index is 0.0306. The molecule has 1 aromatic heterocycles. The van der Waals surface area contributed by atoms with Gasteiger partial charge in [-0.2, -0.15) is 13.5 Å². The Bertz CT molecular complexity index is 1340. The second-order valence-electron chi connectivity index (χ2n) is 8.81. The first kappa shape index (κ1) is 29.8. The van der Waals surface area contributed by atoms with Gasteiger partial charge in [0.15, 0.2) is 23.9 Å². The molecule has 40 heavy (non-hydrogen) atoms. The van der Waals surface area contributed by atoms with Gasteiger partial charge in [0.1, 0.15) is 27.6 Å². The fraction of sp³-hybridized carbons (Fsp3) is 0.333. The van der Waals surface area contributed by atoms with Gasteiger partial charge in [0.25, 0.3) is 0 Å². The van der Waals surface area contributed by atoms with Crippen LogP contribution in [0.1, 0.15) is 30.1 Å². The zero-order valence-corrected chi connectivity index (χ0v) is 23.7. The maximum Gasteiger partial charge on any atom is 0.387 e. The van der Waals surface area contributed by atoms with E-state index in [1.165, 1.54) is 32.4 Å². The van der Waals surface area contributed by atoms with E-state index in [-0.39, 0.29) is 28.0 Å². The fourth-order valence-corrected chi connectivity index (χ4v) is 5.13. The summed E-state index contributed by atoms with van der Waals surface area (Å²) >= 11 is 13.4. The van der Waals surface area contributed by atoms with Gasteiger partial charge in [-0.3, -0.25) is 0 Å². The molecule has 0 N–H and O–H groups in total. The van der Waals surface area contributed by atoms with Crippen molar-refractivity contribution in [3.05, 3.63) is 75.2 Å². The lowest BCUT2D eigenvalue weighted by Crippen LogP contribution is -2.25. The number of carbonyl (C=O) groups is 1. The summed E-state index contributed by atoms with van der Waals surface area (Å²) < 4.78 is 53.4. The van der Waals surface area contributed by atoms with Crippen LogP contribution in [-0.2, 0) is 11.2 Å². The average molecular weight is 616 g/mol. The largest absolute Gasteiger partial charge is 0.619 e. The molecule has 2 aromatic carbocycles. The van der Waals surface area contributed by atoms with Crippen LogP contribution in [0.4, 0.5) is 13.6 Å². The van der Waals surface area contributed by atoms with Gasteiger partial charge in [-0.1, -0.05) is 29.3 Å². The van der Waals surface area contributed by atoms with Crippen molar-refractivity contribution in [3.8, 4) is 23.0 Å². The Balaban J connectivity index is 1.66. The molecular weight excluding hydrogens is 591 g/mol. The maximum absolute atomic E-state index is 13.2. The standard InChI is InChI=1S/C27H25Cl2F2NO7S/c1-35-17-6-8-22(36-2)25(10-17)40-27(33)39-23(11-18-19(28)12-32(34)13-20(18)29)16-5-7-21(38-26(30)31)24(9-16)37-14-15-3-4-15/h5-10,12-13,15,23,26H,3-4,11,14H2,1-2H3. The van der Waals surface area contributed by atoms with Crippen LogP contribution in [0.2, 0.25) is 10.0 Å². The number of rotatable bonds is 12. The Hall–Kier alpha value is -3.15. The Morgan fingerprint density at radius 3 is 2.38 bits per heavy atom. The monoisotopic (exact) mass is 615 g/mol. The predicted molar refractivity (Wildman–Crippen MR) is 145 cm³/mol. The highest BCUT2D eigenvalue weighted by Crippen LogP contribution is 2.40. The third-order valence-corrected chi connectivity index (χ3v) is 7.43. The molecule has 1 heterocycles. The van der Waals surface area contributed by atoms with Gasteiger partial charge in [0.05, 0.1) is 25.7 Å². The number of ether oxygens (including phenoxy) is 5. The number of hydrogen-bond donors (Lipinski definition) is 0. The van der Waals surface area contributed by atoms with Gasteiger partial charge in [-0.25, -0.2) is 4.79 Å². The summed E-state index contributed by atoms with van der Waals surface area (Å²) in [5, 5.41) is 11.2. The summed E-state index contributed by atoms with van der Waals surface area (Å²) in [7, 11) is 2.96. The van der Waals surface area contributed by atoms with E-state index in [4.69, 9.17) is 42.1 Å². The highest BCUT2D eigenvalue weighted by Gasteiger charge is 2.27. The Morgan fingerprint density at radius 2 is 1.75 bits per heavy atom. The minimum atomic E-state index is -3.06. The topological polar surface area (TPSA) is 90.2 Å². The van der Waals surface area contributed by atoms with Crippen LogP contribution < -0.4 is 23.7 Å². The van der Waals surface area contributed by atoms with E-state index < -0.39 is 18.0 Å². The van der Waals surface area contributed by atoms with E-state index in [1.54, 1.807) is 18.2 Å². The molecular formula is C27H25Cl2F2NO7S. The number of hydrogen-bond acceptors (Lipinski definition) is 8. The van der Waals surface area contributed by atoms with E-state index in [2.05, 4.69) is 4.74 Å². The van der Waals surface area contributed by atoms with Crippen molar-refractivity contribution in [2.75, 3.05) is 20.8 Å². The number of thioether (sulfide) groups is 1. The summed E-state index contributed by atoms with van der Waals surface area (Å²) in [5.41, 5.74) is 0.760. The molecule has 1 unspecified atom stereocenters. The lowest BCUT2D eigenvalue weighted by molar-refractivity contribution is -0.605. The Morgan fingerprint density at radius 1 is 1.05 bits per heavy atom. The molecule has 3 aromatic rings. The van der Waals surface area contributed by atoms with E-state index >= 15 is 0 Å². The molecule has 1 saturated carbocycles. The number of carbonyl (C=O) groups excluding carboxylic acids is 1. The quantitative estimate of drug-likeness (QED) is 0.0911. The summed E-state index contributed by atoms with van der Waals surface area (Å²) in [4.78, 5) is 13.6. The number of aromatic nitrogens is 1. The molecule has 8 nitrogen and oxygen atoms in total. The van der Waals surface area contributed by atoms with E-state index in [1.807, 2.05) is 0 Å². The number of methoxy groups -OCH3 is 2. The predicted octanol–water partition coefficient (Wildman–Crippen LogP) is 7.25. The second-order valence-corrected chi connectivity index (χ2v) is 10.6. The van der Waals surface area contributed by atoms with Crippen molar-refractivity contribution in [2.24, 2.45) is 5.92 Å². The molecule has 0 aliphatic heterocycles. The van der Waals surface area contributed by atoms with Crippen LogP contribution in [0, 0.1) is 11.1 Å². The maximum atomic E-state index is 13.2. The third-order valence-electron chi connectivity index (χ3n) is 5.98. The van der Waals surface area contributed by atoms with Crippen LogP contribution in [0.5, 0.6) is 23.0 Å². The van der Waals surface area contributed by atoms with Crippen LogP contribution in [0.3, 0.4) is 0 Å². The Kier molecular flexibility index (Phi) is 10.0. The number of nitrogens with zero attached hydrogens (tertiary/aromatic N) is 1. The zero-order chi connectivity index (χ0) is 28.8. The molecule has 0 amide bonds. The molecule has 4 rings (SSSR count). The molecule has 1 atom stereocenters. The van der Waals surface area contributed by atoms with Crippen molar-refractivity contribution in [1.82, 2.24) is 0 Å². The first-order valence-electron chi connectivity index (χ1n) is 12.1. The third kappa shape index (κ3) is 7.96. The molecule has 0 spiro atoms. The Labute approximate surface area is 243 Å². The van der Waals surface area contributed by atoms with E-state index in [0.717, 1.165) is 37.0 Å². The summed E-state index contributed by atoms with van der Waals surface area (Å²) in [6.45, 7) is -2.73. The minimum Gasteiger partial charge on any atom is -0.619 e. The van der Waals surface area contributed by atoms with Crippen LogP contribution in [0.15, 0.2) is 53.7 Å². The summed E-state index contributed by atoms with van der Waals surface area (Å²) in [6.07, 6.45) is 3.19. The van der Waals surface area contributed by atoms with Crippen molar-refractivity contribution in [2.45, 2.75) is 36.9 Å². The van der Waals surface area contributed by atoms with Crippen LogP contribution in [-0.4, -0.2) is 32.7 Å². The highest BCUT2D eigenvalue weighted by molar-refractivity contribution is 8.13. The molecule has 0 saturated heterocycles. The summed E-state index contributed by atoms with van der Waals surface area (Å²) in [5.74, 6) is 1.21. The van der Waals surface area contributed by atoms with E-state index in [0.29, 0.717) is 44.8 Å². The van der Waals surface area contributed by atoms with Gasteiger partial charge < -0.3 is 28.9 Å². The van der Waals surface area contributed by atoms with Crippen LogP contribution in [0.25, 0.3) is 0 Å². The number of benzene rings is 2. The first-order valence-corrected chi connectivity index (χ1v) is 13.6. The van der Waals surface area contributed by atoms with E-state index in [9.17, 15) is 18.8 Å². The number of halogens is 4. The normalized spacial score (nSPS) is 13.6. The molecule has 1 aliphatic carbocycles. The highest BCUT2D eigenvalue weighted by atomic mass is 35.5. The van der Waals surface area contributed by atoms with Gasteiger partial charge >= 0.3 is 11.9 Å². The van der Waals surface area contributed by atoms with Crippen molar-refractivity contribution in [3.63, 3.8) is 0 Å². The summed E-state index contributed by atoms with van der Waals surface area (Å²) in [6, 6.07) is 9.24.